The van der Waals surface area contributed by atoms with Gasteiger partial charge < -0.3 is 9.84 Å². The fourth-order valence-electron chi connectivity index (χ4n) is 1.04. The molecule has 6 nitrogen and oxygen atoms in total. The molecule has 0 saturated carbocycles. The van der Waals surface area contributed by atoms with Crippen LogP contribution in [0.3, 0.4) is 0 Å². The molecule has 0 aromatic heterocycles. The largest absolute Gasteiger partial charge is 0.489 e. The molecule has 0 fully saturated rings. The third-order valence-corrected chi connectivity index (χ3v) is 2.29. The van der Waals surface area contributed by atoms with E-state index in [1.165, 1.54) is 13.8 Å². The van der Waals surface area contributed by atoms with Crippen LogP contribution in [0.2, 0.25) is 0 Å². The van der Waals surface area contributed by atoms with Gasteiger partial charge in [-0.05, 0) is 19.9 Å². The summed E-state index contributed by atoms with van der Waals surface area (Å²) < 4.78 is 18.4. The smallest absolute Gasteiger partial charge is 0.312 e. The second-order valence-corrected chi connectivity index (χ2v) is 4.35. The van der Waals surface area contributed by atoms with Crippen LogP contribution in [0.15, 0.2) is 18.2 Å². The summed E-state index contributed by atoms with van der Waals surface area (Å²) in [4.78, 5) is 20.5. The number of nitrogens with zero attached hydrogens (tertiary/aromatic N) is 1. The molecule has 98 valence electrons. The maximum atomic E-state index is 13.4. The number of non-ortho nitro benzene ring substituents is 1. The first-order valence-corrected chi connectivity index (χ1v) is 5.04. The molecule has 1 aromatic rings. The van der Waals surface area contributed by atoms with Crippen molar-refractivity contribution in [2.24, 2.45) is 5.41 Å². The molecule has 0 saturated heterocycles. The van der Waals surface area contributed by atoms with Gasteiger partial charge in [0.2, 0.25) is 0 Å². The SMILES string of the molecule is CC(C)(COc1ccc([N+](=O)[O-])cc1F)C(=O)O. The highest BCUT2D eigenvalue weighted by molar-refractivity contribution is 5.73. The van der Waals surface area contributed by atoms with Gasteiger partial charge in [-0.25, -0.2) is 4.39 Å². The summed E-state index contributed by atoms with van der Waals surface area (Å²) in [5, 5.41) is 19.2. The third-order valence-electron chi connectivity index (χ3n) is 2.29. The Labute approximate surface area is 102 Å². The number of carboxylic acids is 1. The van der Waals surface area contributed by atoms with E-state index in [1.54, 1.807) is 0 Å². The van der Waals surface area contributed by atoms with Crippen molar-refractivity contribution in [2.45, 2.75) is 13.8 Å². The molecular formula is C11H12FNO5. The summed E-state index contributed by atoms with van der Waals surface area (Å²) in [6.45, 7) is 2.62. The second-order valence-electron chi connectivity index (χ2n) is 4.35. The number of hydrogen-bond acceptors (Lipinski definition) is 4. The number of hydrogen-bond donors (Lipinski definition) is 1. The standard InChI is InChI=1S/C11H12FNO5/c1-11(2,10(14)15)6-18-9-4-3-7(13(16)17)5-8(9)12/h3-5H,6H2,1-2H3,(H,14,15). The van der Waals surface area contributed by atoms with Gasteiger partial charge in [0.1, 0.15) is 6.61 Å². The third kappa shape index (κ3) is 3.16. The highest BCUT2D eigenvalue weighted by atomic mass is 19.1. The monoisotopic (exact) mass is 257 g/mol. The quantitative estimate of drug-likeness (QED) is 0.645. The van der Waals surface area contributed by atoms with Crippen molar-refractivity contribution in [1.82, 2.24) is 0 Å². The van der Waals surface area contributed by atoms with Gasteiger partial charge in [0.25, 0.3) is 5.69 Å². The Morgan fingerprint density at radius 1 is 1.56 bits per heavy atom. The fraction of sp³-hybridized carbons (Fsp3) is 0.364. The van der Waals surface area contributed by atoms with Crippen LogP contribution in [0.1, 0.15) is 13.8 Å². The first-order valence-electron chi connectivity index (χ1n) is 5.04. The van der Waals surface area contributed by atoms with Crippen molar-refractivity contribution in [1.29, 1.82) is 0 Å². The minimum absolute atomic E-state index is 0.213. The number of nitro groups is 1. The number of halogens is 1. The number of rotatable bonds is 5. The zero-order chi connectivity index (χ0) is 13.9. The van der Waals surface area contributed by atoms with Gasteiger partial charge in [0, 0.05) is 6.07 Å². The molecule has 1 N–H and O–H groups in total. The highest BCUT2D eigenvalue weighted by Crippen LogP contribution is 2.25. The Balaban J connectivity index is 2.81. The molecule has 0 bridgehead atoms. The van der Waals surface area contributed by atoms with E-state index in [1.807, 2.05) is 0 Å². The van der Waals surface area contributed by atoms with Crippen molar-refractivity contribution >= 4 is 11.7 Å². The molecule has 0 aliphatic rings. The zero-order valence-electron chi connectivity index (χ0n) is 9.84. The molecule has 0 spiro atoms. The van der Waals surface area contributed by atoms with E-state index in [-0.39, 0.29) is 12.4 Å². The van der Waals surface area contributed by atoms with Crippen LogP contribution in [0, 0.1) is 21.3 Å². The summed E-state index contributed by atoms with van der Waals surface area (Å²) in [6.07, 6.45) is 0. The average molecular weight is 257 g/mol. The first kappa shape index (κ1) is 13.9. The van der Waals surface area contributed by atoms with E-state index in [4.69, 9.17) is 9.84 Å². The normalized spacial score (nSPS) is 11.1. The summed E-state index contributed by atoms with van der Waals surface area (Å²) >= 11 is 0. The lowest BCUT2D eigenvalue weighted by atomic mass is 9.95. The van der Waals surface area contributed by atoms with Crippen molar-refractivity contribution in [3.63, 3.8) is 0 Å². The van der Waals surface area contributed by atoms with Gasteiger partial charge >= 0.3 is 5.97 Å². The number of carbonyl (C=O) groups is 1. The van der Waals surface area contributed by atoms with Crippen molar-refractivity contribution in [3.8, 4) is 5.75 Å². The molecule has 0 radical (unpaired) electrons. The highest BCUT2D eigenvalue weighted by Gasteiger charge is 2.28. The van der Waals surface area contributed by atoms with Gasteiger partial charge in [-0.2, -0.15) is 0 Å². The van der Waals surface area contributed by atoms with Gasteiger partial charge in [-0.15, -0.1) is 0 Å². The van der Waals surface area contributed by atoms with Gasteiger partial charge in [0.05, 0.1) is 16.4 Å². The molecule has 1 rings (SSSR count). The number of benzene rings is 1. The summed E-state index contributed by atoms with van der Waals surface area (Å²) in [6, 6.07) is 2.92. The average Bonchev–Trinajstić information content (AvgIpc) is 2.26. The molecule has 0 aliphatic carbocycles. The van der Waals surface area contributed by atoms with E-state index < -0.39 is 27.8 Å². The zero-order valence-corrected chi connectivity index (χ0v) is 9.84. The van der Waals surface area contributed by atoms with Gasteiger partial charge in [0.15, 0.2) is 11.6 Å². The lowest BCUT2D eigenvalue weighted by Gasteiger charge is -2.19. The van der Waals surface area contributed by atoms with E-state index in [9.17, 15) is 19.3 Å². The number of ether oxygens (including phenoxy) is 1. The van der Waals surface area contributed by atoms with Crippen LogP contribution < -0.4 is 4.74 Å². The molecule has 0 heterocycles. The Bertz CT molecular complexity index is 486. The second kappa shape index (κ2) is 4.99. The van der Waals surface area contributed by atoms with Crippen molar-refractivity contribution < 1.29 is 24.0 Å². The molecule has 1 aromatic carbocycles. The molecular weight excluding hydrogens is 245 g/mol. The minimum atomic E-state index is -1.17. The summed E-state index contributed by atoms with van der Waals surface area (Å²) in [5.41, 5.74) is -1.56. The Hall–Kier alpha value is -2.18. The van der Waals surface area contributed by atoms with Gasteiger partial charge in [-0.1, -0.05) is 0 Å². The topological polar surface area (TPSA) is 89.7 Å². The lowest BCUT2D eigenvalue weighted by Crippen LogP contribution is -2.30. The number of aliphatic carboxylic acids is 1. The fourth-order valence-corrected chi connectivity index (χ4v) is 1.04. The Morgan fingerprint density at radius 3 is 2.61 bits per heavy atom. The molecule has 0 amide bonds. The predicted molar refractivity (Wildman–Crippen MR) is 60.0 cm³/mol. The van der Waals surface area contributed by atoms with E-state index >= 15 is 0 Å². The van der Waals surface area contributed by atoms with E-state index in [0.29, 0.717) is 0 Å². The Kier molecular flexibility index (Phi) is 3.85. The maximum Gasteiger partial charge on any atom is 0.312 e. The Morgan fingerprint density at radius 2 is 2.17 bits per heavy atom. The molecule has 0 aliphatic heterocycles. The van der Waals surface area contributed by atoms with Crippen molar-refractivity contribution in [3.05, 3.63) is 34.1 Å². The van der Waals surface area contributed by atoms with Crippen LogP contribution in [0.4, 0.5) is 10.1 Å². The maximum absolute atomic E-state index is 13.4. The summed E-state index contributed by atoms with van der Waals surface area (Å²) in [5.74, 6) is -2.19. The lowest BCUT2D eigenvalue weighted by molar-refractivity contribution is -0.385. The van der Waals surface area contributed by atoms with Gasteiger partial charge in [-0.3, -0.25) is 14.9 Å². The van der Waals surface area contributed by atoms with E-state index in [2.05, 4.69) is 0 Å². The molecule has 7 heteroatoms. The van der Waals surface area contributed by atoms with Crippen LogP contribution in [0.25, 0.3) is 0 Å². The van der Waals surface area contributed by atoms with Crippen molar-refractivity contribution in [2.75, 3.05) is 6.61 Å². The molecule has 0 atom stereocenters. The predicted octanol–water partition coefficient (Wildman–Crippen LogP) is 2.22. The first-order chi connectivity index (χ1) is 8.24. The van der Waals surface area contributed by atoms with E-state index in [0.717, 1.165) is 18.2 Å². The number of carboxylic acid groups (broad SMARTS) is 1. The van der Waals surface area contributed by atoms with Crippen LogP contribution >= 0.6 is 0 Å². The number of nitro benzene ring substituents is 1. The summed E-state index contributed by atoms with van der Waals surface area (Å²) in [7, 11) is 0. The van der Waals surface area contributed by atoms with Crippen LogP contribution in [-0.2, 0) is 4.79 Å². The van der Waals surface area contributed by atoms with Crippen LogP contribution in [-0.4, -0.2) is 22.6 Å². The minimum Gasteiger partial charge on any atom is -0.489 e. The van der Waals surface area contributed by atoms with Crippen LogP contribution in [0.5, 0.6) is 5.75 Å². The molecule has 18 heavy (non-hydrogen) atoms. The molecule has 0 unspecified atom stereocenters.